The zero-order valence-corrected chi connectivity index (χ0v) is 16.6. The fourth-order valence-electron chi connectivity index (χ4n) is 2.48. The molecule has 2 aromatic rings. The van der Waals surface area contributed by atoms with Gasteiger partial charge < -0.3 is 5.32 Å². The number of rotatable bonds is 8. The van der Waals surface area contributed by atoms with Crippen LogP contribution >= 0.6 is 11.6 Å². The number of carbonyl (C=O) groups is 1. The third-order valence-corrected chi connectivity index (χ3v) is 5.71. The molecule has 1 atom stereocenters. The second-order valence-electron chi connectivity index (χ2n) is 6.44. The van der Waals surface area contributed by atoms with Crippen molar-refractivity contribution in [2.24, 2.45) is 5.92 Å². The SMILES string of the molecule is CC(C)[C@@H](NS(=O)(=O)c1ccccc1F)C(=O)NCCc1ccc(Cl)cc1. The van der Waals surface area contributed by atoms with Crippen LogP contribution in [0.2, 0.25) is 5.02 Å². The molecule has 0 bridgehead atoms. The molecule has 5 nitrogen and oxygen atoms in total. The normalized spacial score (nSPS) is 12.8. The highest BCUT2D eigenvalue weighted by molar-refractivity contribution is 7.89. The third-order valence-electron chi connectivity index (χ3n) is 3.98. The van der Waals surface area contributed by atoms with Crippen LogP contribution in [0.4, 0.5) is 4.39 Å². The van der Waals surface area contributed by atoms with Crippen molar-refractivity contribution in [3.63, 3.8) is 0 Å². The first kappa shape index (κ1) is 21.3. The Morgan fingerprint density at radius 2 is 1.74 bits per heavy atom. The smallest absolute Gasteiger partial charge is 0.244 e. The number of carbonyl (C=O) groups excluding carboxylic acids is 1. The van der Waals surface area contributed by atoms with Crippen molar-refractivity contribution in [2.45, 2.75) is 31.2 Å². The zero-order valence-electron chi connectivity index (χ0n) is 15.1. The van der Waals surface area contributed by atoms with Gasteiger partial charge in [0.1, 0.15) is 16.8 Å². The Kier molecular flexibility index (Phi) is 7.35. The molecule has 2 aromatic carbocycles. The average Bonchev–Trinajstić information content (AvgIpc) is 2.61. The van der Waals surface area contributed by atoms with Gasteiger partial charge in [-0.1, -0.05) is 49.7 Å². The molecule has 27 heavy (non-hydrogen) atoms. The van der Waals surface area contributed by atoms with E-state index in [9.17, 15) is 17.6 Å². The van der Waals surface area contributed by atoms with Crippen molar-refractivity contribution in [1.29, 1.82) is 0 Å². The van der Waals surface area contributed by atoms with Gasteiger partial charge in [0.15, 0.2) is 0 Å². The number of amides is 1. The topological polar surface area (TPSA) is 75.3 Å². The first-order chi connectivity index (χ1) is 12.7. The van der Waals surface area contributed by atoms with Crippen LogP contribution in [-0.4, -0.2) is 26.9 Å². The van der Waals surface area contributed by atoms with Gasteiger partial charge in [-0.15, -0.1) is 0 Å². The lowest BCUT2D eigenvalue weighted by Crippen LogP contribution is -2.50. The van der Waals surface area contributed by atoms with E-state index in [1.807, 2.05) is 12.1 Å². The Morgan fingerprint density at radius 1 is 1.11 bits per heavy atom. The van der Waals surface area contributed by atoms with Crippen molar-refractivity contribution in [1.82, 2.24) is 10.0 Å². The molecular formula is C19H22ClFN2O3S. The van der Waals surface area contributed by atoms with E-state index >= 15 is 0 Å². The number of sulfonamides is 1. The van der Waals surface area contributed by atoms with Crippen molar-refractivity contribution in [3.05, 3.63) is 64.9 Å². The summed E-state index contributed by atoms with van der Waals surface area (Å²) in [6, 6.07) is 11.3. The first-order valence-electron chi connectivity index (χ1n) is 8.49. The number of halogens is 2. The highest BCUT2D eigenvalue weighted by Crippen LogP contribution is 2.15. The monoisotopic (exact) mass is 412 g/mol. The molecule has 0 heterocycles. The molecule has 0 aliphatic rings. The van der Waals surface area contributed by atoms with E-state index in [0.29, 0.717) is 18.0 Å². The van der Waals surface area contributed by atoms with Crippen LogP contribution in [0, 0.1) is 11.7 Å². The molecular weight excluding hydrogens is 391 g/mol. The summed E-state index contributed by atoms with van der Waals surface area (Å²) in [6.45, 7) is 3.77. The zero-order chi connectivity index (χ0) is 20.0. The third kappa shape index (κ3) is 6.02. The Hall–Kier alpha value is -1.96. The molecule has 1 amide bonds. The maximum absolute atomic E-state index is 13.8. The summed E-state index contributed by atoms with van der Waals surface area (Å²) in [7, 11) is -4.16. The van der Waals surface area contributed by atoms with Crippen LogP contribution in [0.15, 0.2) is 53.4 Å². The van der Waals surface area contributed by atoms with Gasteiger partial charge in [0.2, 0.25) is 15.9 Å². The molecule has 146 valence electrons. The average molecular weight is 413 g/mol. The van der Waals surface area contributed by atoms with E-state index in [4.69, 9.17) is 11.6 Å². The molecule has 2 N–H and O–H groups in total. The van der Waals surface area contributed by atoms with E-state index in [1.54, 1.807) is 26.0 Å². The van der Waals surface area contributed by atoms with Gasteiger partial charge in [-0.25, -0.2) is 12.8 Å². The summed E-state index contributed by atoms with van der Waals surface area (Å²) in [6.07, 6.45) is 0.577. The fraction of sp³-hybridized carbons (Fsp3) is 0.316. The maximum Gasteiger partial charge on any atom is 0.244 e. The van der Waals surface area contributed by atoms with E-state index in [-0.39, 0.29) is 5.92 Å². The van der Waals surface area contributed by atoms with Crippen molar-refractivity contribution in [2.75, 3.05) is 6.54 Å². The van der Waals surface area contributed by atoms with E-state index in [2.05, 4.69) is 10.0 Å². The molecule has 0 saturated carbocycles. The van der Waals surface area contributed by atoms with Crippen molar-refractivity contribution in [3.8, 4) is 0 Å². The highest BCUT2D eigenvalue weighted by atomic mass is 35.5. The Balaban J connectivity index is 2.02. The summed E-state index contributed by atoms with van der Waals surface area (Å²) < 4.78 is 41.0. The quantitative estimate of drug-likeness (QED) is 0.699. The minimum Gasteiger partial charge on any atom is -0.354 e. The molecule has 0 unspecified atom stereocenters. The van der Waals surface area contributed by atoms with Gasteiger partial charge >= 0.3 is 0 Å². The van der Waals surface area contributed by atoms with Gasteiger partial charge in [-0.05, 0) is 42.2 Å². The lowest BCUT2D eigenvalue weighted by atomic mass is 10.0. The van der Waals surface area contributed by atoms with Crippen LogP contribution in [0.3, 0.4) is 0 Å². The number of benzene rings is 2. The van der Waals surface area contributed by atoms with Crippen LogP contribution in [0.1, 0.15) is 19.4 Å². The summed E-state index contributed by atoms with van der Waals surface area (Å²) in [5, 5.41) is 3.35. The van der Waals surface area contributed by atoms with Gasteiger partial charge in [0.05, 0.1) is 0 Å². The highest BCUT2D eigenvalue weighted by Gasteiger charge is 2.29. The first-order valence-corrected chi connectivity index (χ1v) is 10.4. The van der Waals surface area contributed by atoms with Crippen LogP contribution in [-0.2, 0) is 21.2 Å². The second kappa shape index (κ2) is 9.30. The van der Waals surface area contributed by atoms with Crippen molar-refractivity contribution >= 4 is 27.5 Å². The van der Waals surface area contributed by atoms with Gasteiger partial charge in [-0.3, -0.25) is 4.79 Å². The Bertz CT molecular complexity index is 886. The molecule has 0 aliphatic heterocycles. The summed E-state index contributed by atoms with van der Waals surface area (Å²) >= 11 is 5.83. The largest absolute Gasteiger partial charge is 0.354 e. The standard InChI is InChI=1S/C19H22ClFN2O3S/c1-13(2)18(23-27(25,26)17-6-4-3-5-16(17)21)19(24)22-12-11-14-7-9-15(20)10-8-14/h3-10,13,18,23H,11-12H2,1-2H3,(H,22,24)/t18-/m1/s1. The van der Waals surface area contributed by atoms with Crippen LogP contribution in [0.25, 0.3) is 0 Å². The Morgan fingerprint density at radius 3 is 2.33 bits per heavy atom. The molecule has 0 saturated heterocycles. The molecule has 0 radical (unpaired) electrons. The molecule has 2 rings (SSSR count). The molecule has 0 aliphatic carbocycles. The fourth-order valence-corrected chi connectivity index (χ4v) is 4.03. The van der Waals surface area contributed by atoms with Crippen LogP contribution < -0.4 is 10.0 Å². The molecule has 8 heteroatoms. The minimum atomic E-state index is -4.16. The molecule has 0 fully saturated rings. The lowest BCUT2D eigenvalue weighted by molar-refractivity contribution is -0.123. The van der Waals surface area contributed by atoms with Crippen LogP contribution in [0.5, 0.6) is 0 Å². The van der Waals surface area contributed by atoms with E-state index in [1.165, 1.54) is 12.1 Å². The van der Waals surface area contributed by atoms with Crippen molar-refractivity contribution < 1.29 is 17.6 Å². The predicted molar refractivity (Wildman–Crippen MR) is 104 cm³/mol. The van der Waals surface area contributed by atoms with Gasteiger partial charge in [0, 0.05) is 11.6 Å². The second-order valence-corrected chi connectivity index (χ2v) is 8.56. The van der Waals surface area contributed by atoms with E-state index in [0.717, 1.165) is 17.7 Å². The summed E-state index contributed by atoms with van der Waals surface area (Å²) in [5.74, 6) is -1.64. The summed E-state index contributed by atoms with van der Waals surface area (Å²) in [4.78, 5) is 12.0. The lowest BCUT2D eigenvalue weighted by Gasteiger charge is -2.21. The van der Waals surface area contributed by atoms with E-state index < -0.39 is 32.7 Å². The van der Waals surface area contributed by atoms with Gasteiger partial charge in [0.25, 0.3) is 0 Å². The number of hydrogen-bond acceptors (Lipinski definition) is 3. The molecule has 0 spiro atoms. The number of hydrogen-bond donors (Lipinski definition) is 2. The minimum absolute atomic E-state index is 0.318. The summed E-state index contributed by atoms with van der Waals surface area (Å²) in [5.41, 5.74) is 0.993. The van der Waals surface area contributed by atoms with Gasteiger partial charge in [-0.2, -0.15) is 4.72 Å². The Labute approximate surface area is 164 Å². The predicted octanol–water partition coefficient (Wildman–Crippen LogP) is 3.14. The molecule has 0 aromatic heterocycles. The maximum atomic E-state index is 13.8. The number of nitrogens with one attached hydrogen (secondary N) is 2.